The molecule has 2 amide bonds. The number of hydrogen-bond donors (Lipinski definition) is 2. The maximum atomic E-state index is 13.5. The molecule has 4 aromatic rings. The van der Waals surface area contributed by atoms with Crippen LogP contribution >= 0.6 is 34.5 Å². The van der Waals surface area contributed by atoms with Crippen LogP contribution in [0.5, 0.6) is 11.6 Å². The van der Waals surface area contributed by atoms with Crippen molar-refractivity contribution in [3.8, 4) is 17.4 Å². The molecule has 8 nitrogen and oxygen atoms in total. The number of halogens is 5. The van der Waals surface area contributed by atoms with E-state index in [9.17, 15) is 22.8 Å². The largest absolute Gasteiger partial charge is 0.437 e. The Morgan fingerprint density at radius 1 is 1.16 bits per heavy atom. The highest BCUT2D eigenvalue weighted by molar-refractivity contribution is 7.08. The molecule has 3 heterocycles. The van der Waals surface area contributed by atoms with Gasteiger partial charge in [-0.05, 0) is 55.1 Å². The number of pyridine rings is 1. The minimum Gasteiger partial charge on any atom is -0.437 e. The number of carbonyl (C=O) groups is 2. The number of benzene rings is 1. The van der Waals surface area contributed by atoms with E-state index in [0.717, 1.165) is 11.6 Å². The van der Waals surface area contributed by atoms with Crippen molar-refractivity contribution in [1.82, 2.24) is 20.1 Å². The molecular formula is C24H18Cl2F3N5O3S. The number of nitrogens with zero attached hydrogens (tertiary/aromatic N) is 3. The lowest BCUT2D eigenvalue weighted by Gasteiger charge is -2.19. The molecule has 0 aliphatic heterocycles. The number of anilines is 1. The first-order valence-electron chi connectivity index (χ1n) is 10.8. The van der Waals surface area contributed by atoms with E-state index in [1.165, 1.54) is 35.7 Å². The summed E-state index contributed by atoms with van der Waals surface area (Å²) in [5.74, 6) is -1.16. The van der Waals surface area contributed by atoms with Crippen LogP contribution in [-0.4, -0.2) is 38.8 Å². The van der Waals surface area contributed by atoms with Crippen LogP contribution in [-0.2, 0) is 0 Å². The number of aromatic nitrogens is 3. The van der Waals surface area contributed by atoms with Gasteiger partial charge in [0.2, 0.25) is 5.88 Å². The van der Waals surface area contributed by atoms with Gasteiger partial charge in [0.1, 0.15) is 17.5 Å². The van der Waals surface area contributed by atoms with Gasteiger partial charge in [-0.1, -0.05) is 23.2 Å². The fraction of sp³-hybridized carbons (Fsp3) is 0.167. The van der Waals surface area contributed by atoms with Crippen LogP contribution < -0.4 is 15.4 Å². The molecule has 0 radical (unpaired) electrons. The van der Waals surface area contributed by atoms with E-state index in [0.29, 0.717) is 11.3 Å². The molecule has 0 fully saturated rings. The van der Waals surface area contributed by atoms with Crippen molar-refractivity contribution in [2.45, 2.75) is 26.1 Å². The molecule has 1 aromatic carbocycles. The topological polar surface area (TPSA) is 98.1 Å². The highest BCUT2D eigenvalue weighted by atomic mass is 35.5. The Balaban J connectivity index is 1.72. The van der Waals surface area contributed by atoms with Crippen LogP contribution in [0.3, 0.4) is 0 Å². The molecule has 1 unspecified atom stereocenters. The minimum absolute atomic E-state index is 0.0357. The van der Waals surface area contributed by atoms with E-state index in [2.05, 4.69) is 15.4 Å². The fourth-order valence-electron chi connectivity index (χ4n) is 3.32. The van der Waals surface area contributed by atoms with Gasteiger partial charge in [0, 0.05) is 22.7 Å². The zero-order chi connectivity index (χ0) is 27.6. The molecule has 3 aromatic heterocycles. The number of aryl methyl sites for hydroxylation is 1. The van der Waals surface area contributed by atoms with Crippen molar-refractivity contribution in [2.75, 3.05) is 5.32 Å². The molecule has 38 heavy (non-hydrogen) atoms. The summed E-state index contributed by atoms with van der Waals surface area (Å²) in [5.41, 5.74) is -0.0184. The molecule has 1 atom stereocenters. The normalized spacial score (nSPS) is 12.2. The third kappa shape index (κ3) is 6.09. The Labute approximate surface area is 228 Å². The van der Waals surface area contributed by atoms with Crippen LogP contribution in [0.25, 0.3) is 5.82 Å². The van der Waals surface area contributed by atoms with Gasteiger partial charge < -0.3 is 15.4 Å². The van der Waals surface area contributed by atoms with Crippen molar-refractivity contribution in [3.05, 3.63) is 80.2 Å². The average Bonchev–Trinajstić information content (AvgIpc) is 3.50. The smallest absolute Gasteiger partial charge is 0.408 e. The first-order chi connectivity index (χ1) is 17.9. The highest BCUT2D eigenvalue weighted by Crippen LogP contribution is 2.30. The first kappa shape index (κ1) is 27.4. The Hall–Kier alpha value is -3.61. The first-order valence-corrected chi connectivity index (χ1v) is 12.5. The number of thiophene rings is 1. The Kier molecular flexibility index (Phi) is 7.95. The van der Waals surface area contributed by atoms with Gasteiger partial charge in [0.15, 0.2) is 5.82 Å². The maximum Gasteiger partial charge on any atom is 0.408 e. The van der Waals surface area contributed by atoms with Crippen molar-refractivity contribution in [3.63, 3.8) is 0 Å². The summed E-state index contributed by atoms with van der Waals surface area (Å²) < 4.78 is 46.0. The average molecular weight is 584 g/mol. The number of alkyl halides is 3. The second-order valence-corrected chi connectivity index (χ2v) is 9.61. The van der Waals surface area contributed by atoms with Crippen LogP contribution in [0.2, 0.25) is 10.0 Å². The number of rotatable bonds is 7. The van der Waals surface area contributed by atoms with Gasteiger partial charge in [-0.3, -0.25) is 9.59 Å². The molecule has 0 aliphatic carbocycles. The van der Waals surface area contributed by atoms with Gasteiger partial charge >= 0.3 is 6.18 Å². The van der Waals surface area contributed by atoms with Gasteiger partial charge in [-0.15, -0.1) is 16.4 Å². The standard InChI is InChI=1S/C24H18Cl2F3N5O3S/c1-12-8-14(25)9-16(22(35)31-13(2)24(27,28)29)20(12)32-23(36)18-10-19(37-15-5-7-38-11-15)33-34(18)21-17(26)4-3-6-30-21/h3-11,13H,1-2H3,(H,31,35)(H,32,36). The summed E-state index contributed by atoms with van der Waals surface area (Å²) in [4.78, 5) is 30.4. The van der Waals surface area contributed by atoms with Crippen molar-refractivity contribution < 1.29 is 27.5 Å². The van der Waals surface area contributed by atoms with Crippen LogP contribution in [0, 0.1) is 6.92 Å². The quantitative estimate of drug-likeness (QED) is 0.253. The molecule has 0 bridgehead atoms. The lowest BCUT2D eigenvalue weighted by atomic mass is 10.1. The lowest BCUT2D eigenvalue weighted by Crippen LogP contribution is -2.43. The molecule has 198 valence electrons. The minimum atomic E-state index is -4.67. The van der Waals surface area contributed by atoms with Crippen molar-refractivity contribution in [1.29, 1.82) is 0 Å². The molecule has 0 saturated carbocycles. The Morgan fingerprint density at radius 2 is 1.92 bits per heavy atom. The van der Waals surface area contributed by atoms with Gasteiger partial charge in [-0.2, -0.15) is 13.2 Å². The number of ether oxygens (including phenoxy) is 1. The predicted molar refractivity (Wildman–Crippen MR) is 138 cm³/mol. The second-order valence-electron chi connectivity index (χ2n) is 7.99. The van der Waals surface area contributed by atoms with E-state index in [1.807, 2.05) is 5.32 Å². The maximum absolute atomic E-state index is 13.5. The number of hydrogen-bond acceptors (Lipinski definition) is 6. The van der Waals surface area contributed by atoms with E-state index >= 15 is 0 Å². The monoisotopic (exact) mass is 583 g/mol. The Bertz CT molecular complexity index is 1490. The molecule has 14 heteroatoms. The van der Waals surface area contributed by atoms with Crippen LogP contribution in [0.4, 0.5) is 18.9 Å². The fourth-order valence-corrected chi connectivity index (χ4v) is 4.34. The zero-order valence-electron chi connectivity index (χ0n) is 19.6. The van der Waals surface area contributed by atoms with Gasteiger partial charge in [-0.25, -0.2) is 9.67 Å². The number of carbonyl (C=O) groups excluding carboxylic acids is 2. The van der Waals surface area contributed by atoms with Gasteiger partial charge in [0.05, 0.1) is 16.3 Å². The molecule has 4 rings (SSSR count). The molecule has 0 saturated heterocycles. The predicted octanol–water partition coefficient (Wildman–Crippen LogP) is 6.67. The van der Waals surface area contributed by atoms with Gasteiger partial charge in [0.25, 0.3) is 11.8 Å². The SMILES string of the molecule is Cc1cc(Cl)cc(C(=O)NC(C)C(F)(F)F)c1NC(=O)c1cc(Oc2ccsc2)nn1-c1ncccc1Cl. The van der Waals surface area contributed by atoms with E-state index < -0.39 is 24.0 Å². The molecular weight excluding hydrogens is 566 g/mol. The number of nitrogens with one attached hydrogen (secondary N) is 2. The third-order valence-corrected chi connectivity index (χ3v) is 6.37. The summed E-state index contributed by atoms with van der Waals surface area (Å²) in [6, 6.07) is 6.69. The van der Waals surface area contributed by atoms with Crippen LogP contribution in [0.15, 0.2) is 53.4 Å². The second kappa shape index (κ2) is 11.0. The summed E-state index contributed by atoms with van der Waals surface area (Å²) in [6.45, 7) is 2.35. The molecule has 2 N–H and O–H groups in total. The van der Waals surface area contributed by atoms with Crippen LogP contribution in [0.1, 0.15) is 33.3 Å². The Morgan fingerprint density at radius 3 is 2.58 bits per heavy atom. The zero-order valence-corrected chi connectivity index (χ0v) is 22.0. The summed E-state index contributed by atoms with van der Waals surface area (Å²) in [7, 11) is 0. The van der Waals surface area contributed by atoms with Crippen molar-refractivity contribution >= 4 is 52.0 Å². The number of amides is 2. The van der Waals surface area contributed by atoms with Crippen molar-refractivity contribution in [2.24, 2.45) is 0 Å². The van der Waals surface area contributed by atoms with E-state index in [1.54, 1.807) is 35.9 Å². The summed E-state index contributed by atoms with van der Waals surface area (Å²) in [5, 5.41) is 12.6. The van der Waals surface area contributed by atoms with E-state index in [4.69, 9.17) is 27.9 Å². The third-order valence-electron chi connectivity index (χ3n) is 5.20. The summed E-state index contributed by atoms with van der Waals surface area (Å²) in [6.07, 6.45) is -3.21. The lowest BCUT2D eigenvalue weighted by molar-refractivity contribution is -0.149. The summed E-state index contributed by atoms with van der Waals surface area (Å²) >= 11 is 13.8. The molecule has 0 spiro atoms. The van der Waals surface area contributed by atoms with E-state index in [-0.39, 0.29) is 38.7 Å². The molecule has 0 aliphatic rings. The highest BCUT2D eigenvalue weighted by Gasteiger charge is 2.37.